The van der Waals surface area contributed by atoms with E-state index in [9.17, 15) is 13.0 Å². The van der Waals surface area contributed by atoms with Crippen LogP contribution in [0.4, 0.5) is 39.8 Å². The third kappa shape index (κ3) is 11.8. The van der Waals surface area contributed by atoms with E-state index in [0.29, 0.717) is 17.3 Å². The normalized spacial score (nSPS) is 11.1. The van der Waals surface area contributed by atoms with Crippen molar-refractivity contribution in [3.8, 4) is 0 Å². The SMILES string of the molecule is Cc1ccccc1N=C(Nc1ccccc1)Nc1ccccc1C.O=S(=O)([O-])c1cccc(N=Nc2ccc(Nc3ccccc3)cc2)c1.[Na+]. The monoisotopic (exact) mass is 690 g/mol. The number of hydrogen-bond donors (Lipinski definition) is 3. The number of hydrogen-bond acceptors (Lipinski definition) is 7. The smallest absolute Gasteiger partial charge is 0.744 e. The van der Waals surface area contributed by atoms with Crippen LogP contribution in [-0.2, 0) is 10.1 Å². The molecule has 3 N–H and O–H groups in total. The van der Waals surface area contributed by atoms with Crippen LogP contribution in [-0.4, -0.2) is 18.9 Å². The zero-order chi connectivity index (χ0) is 34.5. The van der Waals surface area contributed by atoms with Gasteiger partial charge in [-0.25, -0.2) is 13.4 Å². The molecular weight excluding hydrogens is 656 g/mol. The second-order valence-corrected chi connectivity index (χ2v) is 12.2. The Balaban J connectivity index is 0.000000220. The van der Waals surface area contributed by atoms with Crippen molar-refractivity contribution in [1.82, 2.24) is 0 Å². The molecular formula is C39H35N6NaO3S. The zero-order valence-electron chi connectivity index (χ0n) is 28.0. The molecule has 6 rings (SSSR count). The van der Waals surface area contributed by atoms with Crippen LogP contribution in [0.1, 0.15) is 11.1 Å². The molecule has 0 saturated heterocycles. The minimum absolute atomic E-state index is 0. The van der Waals surface area contributed by atoms with Gasteiger partial charge in [0.1, 0.15) is 10.1 Å². The maximum absolute atomic E-state index is 11.0. The zero-order valence-corrected chi connectivity index (χ0v) is 30.8. The summed E-state index contributed by atoms with van der Waals surface area (Å²) in [6.07, 6.45) is 0. The van der Waals surface area contributed by atoms with E-state index in [-0.39, 0.29) is 34.5 Å². The van der Waals surface area contributed by atoms with Crippen LogP contribution < -0.4 is 45.5 Å². The van der Waals surface area contributed by atoms with Gasteiger partial charge < -0.3 is 20.5 Å². The Morgan fingerprint density at radius 3 is 1.76 bits per heavy atom. The van der Waals surface area contributed by atoms with Gasteiger partial charge in [-0.2, -0.15) is 10.2 Å². The first-order valence-corrected chi connectivity index (χ1v) is 16.8. The van der Waals surface area contributed by atoms with Gasteiger partial charge in [-0.15, -0.1) is 0 Å². The van der Waals surface area contributed by atoms with Gasteiger partial charge >= 0.3 is 29.6 Å². The van der Waals surface area contributed by atoms with Crippen molar-refractivity contribution in [2.75, 3.05) is 16.0 Å². The van der Waals surface area contributed by atoms with Crippen LogP contribution in [0.5, 0.6) is 0 Å². The Hall–Kier alpha value is -5.10. The van der Waals surface area contributed by atoms with Crippen LogP contribution >= 0.6 is 0 Å². The second kappa shape index (κ2) is 18.6. The van der Waals surface area contributed by atoms with E-state index >= 15 is 0 Å². The number of aryl methyl sites for hydroxylation is 2. The predicted molar refractivity (Wildman–Crippen MR) is 198 cm³/mol. The molecule has 9 nitrogen and oxygen atoms in total. The quantitative estimate of drug-likeness (QED) is 0.0507. The molecule has 0 bridgehead atoms. The van der Waals surface area contributed by atoms with Crippen LogP contribution in [0, 0.1) is 13.8 Å². The predicted octanol–water partition coefficient (Wildman–Crippen LogP) is 7.27. The van der Waals surface area contributed by atoms with E-state index in [1.807, 2.05) is 103 Å². The first-order valence-electron chi connectivity index (χ1n) is 15.4. The number of rotatable bonds is 8. The van der Waals surface area contributed by atoms with E-state index in [1.54, 1.807) is 18.2 Å². The molecule has 0 fully saturated rings. The molecule has 0 amide bonds. The van der Waals surface area contributed by atoms with Crippen molar-refractivity contribution in [1.29, 1.82) is 0 Å². The molecule has 0 atom stereocenters. The number of para-hydroxylation sites is 4. The molecule has 0 aliphatic carbocycles. The summed E-state index contributed by atoms with van der Waals surface area (Å²) in [7, 11) is -4.50. The fourth-order valence-electron chi connectivity index (χ4n) is 4.51. The summed E-state index contributed by atoms with van der Waals surface area (Å²) in [6.45, 7) is 4.14. The van der Waals surface area contributed by atoms with E-state index in [0.717, 1.165) is 34.0 Å². The minimum Gasteiger partial charge on any atom is -0.744 e. The van der Waals surface area contributed by atoms with E-state index in [2.05, 4.69) is 58.2 Å². The van der Waals surface area contributed by atoms with E-state index < -0.39 is 10.1 Å². The van der Waals surface area contributed by atoms with Crippen molar-refractivity contribution >= 4 is 55.9 Å². The Kier molecular flexibility index (Phi) is 14.0. The average Bonchev–Trinajstić information content (AvgIpc) is 3.11. The van der Waals surface area contributed by atoms with Crippen LogP contribution in [0.2, 0.25) is 0 Å². The molecule has 6 aromatic carbocycles. The van der Waals surface area contributed by atoms with Gasteiger partial charge in [0.25, 0.3) is 0 Å². The molecule has 0 aromatic heterocycles. The number of benzene rings is 6. The molecule has 0 heterocycles. The molecule has 0 radical (unpaired) electrons. The Labute approximate surface area is 315 Å². The van der Waals surface area contributed by atoms with Crippen LogP contribution in [0.15, 0.2) is 178 Å². The standard InChI is InChI=1S/C21H21N3.C18H15N3O3S.Na/c1-16-10-6-8-14-19(16)23-21(22-18-12-4-3-5-13-18)24-20-15-9-7-11-17(20)2;22-25(23,24)18-8-4-7-17(13-18)21-20-16-11-9-15(10-12-16)19-14-5-2-1-3-6-14;/h3-15H,1-2H3,(H2,22,23,24);1-13,19H,(H,22,23,24);/q;;+1/p-1. The van der Waals surface area contributed by atoms with Gasteiger partial charge in [0.2, 0.25) is 5.96 Å². The summed E-state index contributed by atoms with van der Waals surface area (Å²) in [6, 6.07) is 48.8. The first-order chi connectivity index (χ1) is 23.7. The molecule has 0 aliphatic rings. The summed E-state index contributed by atoms with van der Waals surface area (Å²) < 4.78 is 33.0. The minimum atomic E-state index is -4.50. The fourth-order valence-corrected chi connectivity index (χ4v) is 5.02. The van der Waals surface area contributed by atoms with E-state index in [4.69, 9.17) is 4.99 Å². The molecule has 0 spiro atoms. The van der Waals surface area contributed by atoms with E-state index in [1.165, 1.54) is 23.8 Å². The van der Waals surface area contributed by atoms with Gasteiger partial charge in [0.15, 0.2) is 0 Å². The van der Waals surface area contributed by atoms with Gasteiger partial charge in [-0.05, 0) is 104 Å². The number of guanidine groups is 1. The molecule has 11 heteroatoms. The molecule has 246 valence electrons. The Morgan fingerprint density at radius 2 is 1.12 bits per heavy atom. The molecule has 0 unspecified atom stereocenters. The molecule has 0 aliphatic heterocycles. The summed E-state index contributed by atoms with van der Waals surface area (Å²) in [5.41, 5.74) is 8.06. The summed E-state index contributed by atoms with van der Waals surface area (Å²) >= 11 is 0. The first kappa shape index (κ1) is 37.7. The molecule has 6 aromatic rings. The molecule has 0 saturated carbocycles. The number of nitrogens with one attached hydrogen (secondary N) is 3. The fraction of sp³-hybridized carbons (Fsp3) is 0.0513. The van der Waals surface area contributed by atoms with Crippen molar-refractivity contribution in [2.24, 2.45) is 15.2 Å². The Morgan fingerprint density at radius 1 is 0.560 bits per heavy atom. The summed E-state index contributed by atoms with van der Waals surface area (Å²) in [4.78, 5) is 4.46. The third-order valence-corrected chi connectivity index (χ3v) is 7.93. The van der Waals surface area contributed by atoms with Gasteiger partial charge in [-0.3, -0.25) is 0 Å². The molecule has 50 heavy (non-hydrogen) atoms. The third-order valence-electron chi connectivity index (χ3n) is 7.10. The number of azo groups is 1. The maximum atomic E-state index is 11.0. The Bertz CT molecular complexity index is 2150. The van der Waals surface area contributed by atoms with Gasteiger partial charge in [0, 0.05) is 22.7 Å². The number of nitrogens with zero attached hydrogens (tertiary/aromatic N) is 3. The van der Waals surface area contributed by atoms with Crippen LogP contribution in [0.25, 0.3) is 0 Å². The maximum Gasteiger partial charge on any atom is 1.00 e. The van der Waals surface area contributed by atoms with Crippen molar-refractivity contribution in [3.63, 3.8) is 0 Å². The topological polar surface area (TPSA) is 130 Å². The van der Waals surface area contributed by atoms with Crippen LogP contribution in [0.3, 0.4) is 0 Å². The average molecular weight is 691 g/mol. The van der Waals surface area contributed by atoms with Crippen molar-refractivity contribution < 1.29 is 42.5 Å². The second-order valence-electron chi connectivity index (χ2n) is 10.9. The number of aliphatic imine (C=N–C) groups is 1. The number of anilines is 4. The van der Waals surface area contributed by atoms with Crippen molar-refractivity contribution in [3.05, 3.63) is 169 Å². The largest absolute Gasteiger partial charge is 1.00 e. The van der Waals surface area contributed by atoms with Crippen molar-refractivity contribution in [2.45, 2.75) is 18.7 Å². The summed E-state index contributed by atoms with van der Waals surface area (Å²) in [5.74, 6) is 0.699. The van der Waals surface area contributed by atoms with Gasteiger partial charge in [-0.1, -0.05) is 78.9 Å². The summed E-state index contributed by atoms with van der Waals surface area (Å²) in [5, 5.41) is 18.0. The van der Waals surface area contributed by atoms with Gasteiger partial charge in [0.05, 0.1) is 22.0 Å².